The summed E-state index contributed by atoms with van der Waals surface area (Å²) in [6.07, 6.45) is 0.656. The van der Waals surface area contributed by atoms with Crippen molar-refractivity contribution in [2.24, 2.45) is 5.73 Å². The van der Waals surface area contributed by atoms with Crippen molar-refractivity contribution in [3.05, 3.63) is 17.0 Å². The molecule has 1 aromatic heterocycles. The summed E-state index contributed by atoms with van der Waals surface area (Å²) in [5, 5.41) is 0.693. The van der Waals surface area contributed by atoms with Gasteiger partial charge in [-0.2, -0.15) is 0 Å². The van der Waals surface area contributed by atoms with Crippen LogP contribution in [-0.4, -0.2) is 11.8 Å². The lowest BCUT2D eigenvalue weighted by atomic mass is 10.4. The number of carbonyl (C=O) groups excluding carboxylic acids is 2. The van der Waals surface area contributed by atoms with E-state index in [4.69, 9.17) is 5.73 Å². The van der Waals surface area contributed by atoms with Crippen LogP contribution in [0.2, 0.25) is 0 Å². The van der Waals surface area contributed by atoms with Crippen molar-refractivity contribution < 1.29 is 9.59 Å². The summed E-state index contributed by atoms with van der Waals surface area (Å²) in [7, 11) is 0. The molecule has 0 aromatic carbocycles. The highest BCUT2D eigenvalue weighted by atomic mass is 32.1. The predicted octanol–water partition coefficient (Wildman–Crippen LogP) is 0.860. The van der Waals surface area contributed by atoms with Crippen LogP contribution in [0, 0.1) is 0 Å². The van der Waals surface area contributed by atoms with Gasteiger partial charge in [-0.3, -0.25) is 9.59 Å². The van der Waals surface area contributed by atoms with Crippen LogP contribution in [0.5, 0.6) is 0 Å². The third kappa shape index (κ3) is 1.44. The number of rotatable bonds is 2. The van der Waals surface area contributed by atoms with Gasteiger partial charge >= 0.3 is 0 Å². The van der Waals surface area contributed by atoms with Crippen molar-refractivity contribution in [1.82, 2.24) is 0 Å². The molecule has 14 heavy (non-hydrogen) atoms. The molecule has 0 radical (unpaired) electrons. The molecule has 2 heterocycles. The average Bonchev–Trinajstić information content (AvgIpc) is 2.73. The van der Waals surface area contributed by atoms with Crippen LogP contribution < -0.4 is 10.6 Å². The molecule has 2 rings (SSSR count). The van der Waals surface area contributed by atoms with E-state index in [0.29, 0.717) is 24.4 Å². The highest BCUT2D eigenvalue weighted by Gasteiger charge is 2.31. The van der Waals surface area contributed by atoms with E-state index in [2.05, 4.69) is 0 Å². The summed E-state index contributed by atoms with van der Waals surface area (Å²) in [5.41, 5.74) is 5.45. The molecule has 0 saturated carbocycles. The van der Waals surface area contributed by atoms with Gasteiger partial charge in [-0.1, -0.05) is 0 Å². The van der Waals surface area contributed by atoms with Crippen LogP contribution in [-0.2, 0) is 16.1 Å². The molecule has 1 aromatic rings. The second-order valence-corrected chi connectivity index (χ2v) is 4.21. The largest absolute Gasteiger partial charge is 0.326 e. The van der Waals surface area contributed by atoms with Crippen molar-refractivity contribution in [3.8, 4) is 0 Å². The maximum Gasteiger partial charge on any atom is 0.234 e. The zero-order valence-electron chi connectivity index (χ0n) is 7.53. The number of nitrogens with zero attached hydrogens (tertiary/aromatic N) is 1. The van der Waals surface area contributed by atoms with E-state index in [-0.39, 0.29) is 11.8 Å². The number of anilines is 1. The molecule has 2 amide bonds. The molecule has 0 unspecified atom stereocenters. The lowest BCUT2D eigenvalue weighted by Crippen LogP contribution is -2.27. The van der Waals surface area contributed by atoms with Crippen LogP contribution in [0.3, 0.4) is 0 Å². The first-order valence-corrected chi connectivity index (χ1v) is 5.18. The highest BCUT2D eigenvalue weighted by Crippen LogP contribution is 2.29. The summed E-state index contributed by atoms with van der Waals surface area (Å²) in [5.74, 6) is -0.221. The molecular weight excluding hydrogens is 200 g/mol. The van der Waals surface area contributed by atoms with Gasteiger partial charge in [-0.15, -0.1) is 11.3 Å². The molecule has 0 atom stereocenters. The van der Waals surface area contributed by atoms with Gasteiger partial charge in [0.2, 0.25) is 11.8 Å². The molecule has 2 N–H and O–H groups in total. The fourth-order valence-electron chi connectivity index (χ4n) is 1.42. The van der Waals surface area contributed by atoms with E-state index in [1.807, 2.05) is 6.07 Å². The molecule has 1 saturated heterocycles. The number of carbonyl (C=O) groups is 2. The van der Waals surface area contributed by atoms with Gasteiger partial charge in [-0.05, 0) is 12.1 Å². The minimum absolute atomic E-state index is 0.111. The topological polar surface area (TPSA) is 63.4 Å². The predicted molar refractivity (Wildman–Crippen MR) is 53.9 cm³/mol. The maximum atomic E-state index is 11.4. The van der Waals surface area contributed by atoms with Gasteiger partial charge in [0.25, 0.3) is 0 Å². The molecule has 0 aliphatic carbocycles. The zero-order chi connectivity index (χ0) is 10.1. The van der Waals surface area contributed by atoms with Gasteiger partial charge in [0, 0.05) is 24.3 Å². The molecule has 1 fully saturated rings. The van der Waals surface area contributed by atoms with Crippen molar-refractivity contribution in [2.75, 3.05) is 4.90 Å². The molecule has 5 heteroatoms. The molecule has 0 bridgehead atoms. The van der Waals surface area contributed by atoms with E-state index < -0.39 is 0 Å². The number of amides is 2. The fourth-order valence-corrected chi connectivity index (χ4v) is 2.34. The number of imide groups is 1. The Balaban J connectivity index is 2.29. The zero-order valence-corrected chi connectivity index (χ0v) is 8.34. The van der Waals surface area contributed by atoms with Crippen molar-refractivity contribution in [2.45, 2.75) is 19.4 Å². The maximum absolute atomic E-state index is 11.4. The van der Waals surface area contributed by atoms with Gasteiger partial charge in [0.05, 0.1) is 0 Å². The summed E-state index contributed by atoms with van der Waals surface area (Å²) in [4.78, 5) is 25.0. The Hall–Kier alpha value is -1.20. The Morgan fingerprint density at radius 1 is 1.29 bits per heavy atom. The molecule has 4 nitrogen and oxygen atoms in total. The lowest BCUT2D eigenvalue weighted by molar-refractivity contribution is -0.121. The minimum Gasteiger partial charge on any atom is -0.326 e. The van der Waals surface area contributed by atoms with E-state index in [1.54, 1.807) is 6.07 Å². The summed E-state index contributed by atoms with van der Waals surface area (Å²) >= 11 is 1.40. The average molecular weight is 210 g/mol. The van der Waals surface area contributed by atoms with E-state index >= 15 is 0 Å². The van der Waals surface area contributed by atoms with Crippen LogP contribution in [0.4, 0.5) is 5.00 Å². The van der Waals surface area contributed by atoms with Crippen molar-refractivity contribution >= 4 is 28.2 Å². The Morgan fingerprint density at radius 3 is 2.43 bits per heavy atom. The molecule has 74 valence electrons. The fraction of sp³-hybridized carbons (Fsp3) is 0.333. The Kier molecular flexibility index (Phi) is 2.35. The summed E-state index contributed by atoms with van der Waals surface area (Å²) < 4.78 is 0. The molecule has 0 spiro atoms. The quantitative estimate of drug-likeness (QED) is 0.736. The standard InChI is InChI=1S/C9H10N2O2S/c10-5-6-1-4-9(14-6)11-7(12)2-3-8(11)13/h1,4H,2-3,5,10H2. The van der Waals surface area contributed by atoms with Gasteiger partial charge in [0.15, 0.2) is 0 Å². The Bertz CT molecular complexity index is 370. The number of hydrogen-bond acceptors (Lipinski definition) is 4. The normalized spacial score (nSPS) is 16.8. The van der Waals surface area contributed by atoms with Gasteiger partial charge in [0.1, 0.15) is 5.00 Å². The number of thiophene rings is 1. The van der Waals surface area contributed by atoms with E-state index in [0.717, 1.165) is 4.88 Å². The molecular formula is C9H10N2O2S. The second-order valence-electron chi connectivity index (χ2n) is 3.07. The van der Waals surface area contributed by atoms with Crippen LogP contribution in [0.1, 0.15) is 17.7 Å². The Labute approximate surface area is 85.3 Å². The number of nitrogens with two attached hydrogens (primary N) is 1. The third-order valence-corrected chi connectivity index (χ3v) is 3.21. The van der Waals surface area contributed by atoms with Crippen LogP contribution >= 0.6 is 11.3 Å². The number of hydrogen-bond donors (Lipinski definition) is 1. The molecule has 1 aliphatic heterocycles. The first-order valence-electron chi connectivity index (χ1n) is 4.37. The third-order valence-electron chi connectivity index (χ3n) is 2.12. The first-order chi connectivity index (χ1) is 6.72. The SMILES string of the molecule is NCc1ccc(N2C(=O)CCC2=O)s1. The second kappa shape index (κ2) is 3.51. The summed E-state index contributed by atoms with van der Waals surface area (Å²) in [6.45, 7) is 0.445. The van der Waals surface area contributed by atoms with Crippen LogP contribution in [0.25, 0.3) is 0 Å². The Morgan fingerprint density at radius 2 is 1.93 bits per heavy atom. The first kappa shape index (κ1) is 9.36. The smallest absolute Gasteiger partial charge is 0.234 e. The monoisotopic (exact) mass is 210 g/mol. The summed E-state index contributed by atoms with van der Waals surface area (Å²) in [6, 6.07) is 3.62. The highest BCUT2D eigenvalue weighted by molar-refractivity contribution is 7.16. The van der Waals surface area contributed by atoms with Gasteiger partial charge < -0.3 is 5.73 Å². The van der Waals surface area contributed by atoms with Crippen molar-refractivity contribution in [3.63, 3.8) is 0 Å². The minimum atomic E-state index is -0.111. The van der Waals surface area contributed by atoms with Crippen LogP contribution in [0.15, 0.2) is 12.1 Å². The van der Waals surface area contributed by atoms with Gasteiger partial charge in [-0.25, -0.2) is 4.90 Å². The molecule has 1 aliphatic rings. The van der Waals surface area contributed by atoms with E-state index in [9.17, 15) is 9.59 Å². The van der Waals surface area contributed by atoms with E-state index in [1.165, 1.54) is 16.2 Å². The van der Waals surface area contributed by atoms with Crippen molar-refractivity contribution in [1.29, 1.82) is 0 Å². The lowest BCUT2D eigenvalue weighted by Gasteiger charge is -2.09.